The number of aliphatic hydroxyl groups excluding tert-OH is 1. The summed E-state index contributed by atoms with van der Waals surface area (Å²) in [6.45, 7) is 1.50. The molecule has 1 aromatic heterocycles. The van der Waals surface area contributed by atoms with Crippen molar-refractivity contribution in [3.8, 4) is 5.75 Å². The summed E-state index contributed by atoms with van der Waals surface area (Å²) >= 11 is 5.99. The molecule has 1 aliphatic heterocycles. The van der Waals surface area contributed by atoms with Gasteiger partial charge in [0, 0.05) is 23.7 Å². The minimum absolute atomic E-state index is 0.0386. The van der Waals surface area contributed by atoms with Crippen LogP contribution in [0, 0.1) is 23.2 Å². The maximum Gasteiger partial charge on any atom is 0.260 e. The van der Waals surface area contributed by atoms with Crippen LogP contribution in [0.2, 0.25) is 5.02 Å². The van der Waals surface area contributed by atoms with Crippen molar-refractivity contribution in [1.82, 2.24) is 14.9 Å². The lowest BCUT2D eigenvalue weighted by Gasteiger charge is -2.58. The molecule has 1 aromatic carbocycles. The van der Waals surface area contributed by atoms with Crippen LogP contribution in [0.15, 0.2) is 30.6 Å². The summed E-state index contributed by atoms with van der Waals surface area (Å²) in [5.74, 6) is 3.73. The van der Waals surface area contributed by atoms with Crippen molar-refractivity contribution in [2.45, 2.75) is 57.6 Å². The lowest BCUT2D eigenvalue weighted by atomic mass is 9.48. The molecule has 1 amide bonds. The van der Waals surface area contributed by atoms with E-state index < -0.39 is 0 Å². The predicted octanol–water partition coefficient (Wildman–Crippen LogP) is 4.08. The van der Waals surface area contributed by atoms with E-state index in [0.29, 0.717) is 36.8 Å². The molecule has 4 aliphatic carbocycles. The molecule has 0 saturated heterocycles. The van der Waals surface area contributed by atoms with Gasteiger partial charge in [-0.15, -0.1) is 0 Å². The standard InChI is InChI=1S/C27H33ClN4O3/c28-20-2-1-3-21(9-20)35-15-25(34)32-5-4-22-23(14-32)30-16-31-26(22)29-13-24(33)27-10-17-6-18(11-27)8-19(7-17)12-27/h1-3,9,16-19,24,33H,4-8,10-15H2,(H,29,30,31). The average Bonchev–Trinajstić information content (AvgIpc) is 2.84. The number of fused-ring (bicyclic) bond motifs is 1. The Kier molecular flexibility index (Phi) is 6.09. The Bertz CT molecular complexity index is 1070. The first-order valence-corrected chi connectivity index (χ1v) is 13.3. The highest BCUT2D eigenvalue weighted by molar-refractivity contribution is 6.30. The Morgan fingerprint density at radius 1 is 1.20 bits per heavy atom. The SMILES string of the molecule is O=C(COc1cccc(Cl)c1)N1CCc2c(ncnc2NCC(O)C23CC4CC(CC(C4)C2)C3)C1. The van der Waals surface area contributed by atoms with Crippen LogP contribution < -0.4 is 10.1 Å². The molecule has 4 saturated carbocycles. The van der Waals surface area contributed by atoms with Crippen LogP contribution in [0.25, 0.3) is 0 Å². The predicted molar refractivity (Wildman–Crippen MR) is 133 cm³/mol. The summed E-state index contributed by atoms with van der Waals surface area (Å²) in [4.78, 5) is 23.5. The highest BCUT2D eigenvalue weighted by atomic mass is 35.5. The van der Waals surface area contributed by atoms with Crippen molar-refractivity contribution in [2.24, 2.45) is 23.2 Å². The molecule has 4 bridgehead atoms. The molecule has 7 nitrogen and oxygen atoms in total. The molecule has 4 fully saturated rings. The maximum atomic E-state index is 12.7. The third kappa shape index (κ3) is 4.60. The number of benzene rings is 1. The monoisotopic (exact) mass is 496 g/mol. The zero-order valence-corrected chi connectivity index (χ0v) is 20.7. The lowest BCUT2D eigenvalue weighted by Crippen LogP contribution is -2.53. The number of carbonyl (C=O) groups excluding carboxylic acids is 1. The van der Waals surface area contributed by atoms with Gasteiger partial charge in [-0.2, -0.15) is 0 Å². The van der Waals surface area contributed by atoms with Gasteiger partial charge >= 0.3 is 0 Å². The molecule has 186 valence electrons. The zero-order valence-electron chi connectivity index (χ0n) is 20.0. The van der Waals surface area contributed by atoms with Crippen LogP contribution in [0.5, 0.6) is 5.75 Å². The van der Waals surface area contributed by atoms with Crippen LogP contribution in [0.3, 0.4) is 0 Å². The zero-order chi connectivity index (χ0) is 24.0. The summed E-state index contributed by atoms with van der Waals surface area (Å²) in [6, 6.07) is 7.05. The number of nitrogens with one attached hydrogen (secondary N) is 1. The molecule has 8 heteroatoms. The van der Waals surface area contributed by atoms with Crippen LogP contribution in [-0.4, -0.2) is 51.7 Å². The third-order valence-electron chi connectivity index (χ3n) is 8.77. The van der Waals surface area contributed by atoms with Gasteiger partial charge in [0.15, 0.2) is 6.61 Å². The molecule has 2 N–H and O–H groups in total. The van der Waals surface area contributed by atoms with E-state index >= 15 is 0 Å². The fourth-order valence-corrected chi connectivity index (χ4v) is 7.69. The molecule has 35 heavy (non-hydrogen) atoms. The number of hydrogen-bond donors (Lipinski definition) is 2. The van der Waals surface area contributed by atoms with Gasteiger partial charge in [-0.25, -0.2) is 9.97 Å². The molecule has 1 unspecified atom stereocenters. The smallest absolute Gasteiger partial charge is 0.260 e. The quantitative estimate of drug-likeness (QED) is 0.600. The van der Waals surface area contributed by atoms with E-state index in [1.54, 1.807) is 35.5 Å². The number of aromatic nitrogens is 2. The van der Waals surface area contributed by atoms with Crippen LogP contribution in [0.4, 0.5) is 5.82 Å². The molecule has 7 rings (SSSR count). The maximum absolute atomic E-state index is 12.7. The minimum atomic E-state index is -0.355. The number of aliphatic hydroxyl groups is 1. The van der Waals surface area contributed by atoms with Gasteiger partial charge in [-0.3, -0.25) is 4.79 Å². The third-order valence-corrected chi connectivity index (χ3v) is 9.01. The van der Waals surface area contributed by atoms with Crippen LogP contribution in [-0.2, 0) is 17.8 Å². The topological polar surface area (TPSA) is 87.6 Å². The molecular weight excluding hydrogens is 464 g/mol. The lowest BCUT2D eigenvalue weighted by molar-refractivity contribution is -0.134. The molecule has 2 aromatic rings. The van der Waals surface area contributed by atoms with Crippen LogP contribution >= 0.6 is 11.6 Å². The highest BCUT2D eigenvalue weighted by Gasteiger charge is 2.53. The first-order valence-electron chi connectivity index (χ1n) is 12.9. The number of rotatable bonds is 7. The highest BCUT2D eigenvalue weighted by Crippen LogP contribution is 2.61. The summed E-state index contributed by atoms with van der Waals surface area (Å²) in [7, 11) is 0. The first kappa shape index (κ1) is 23.0. The molecule has 5 aliphatic rings. The van der Waals surface area contributed by atoms with Gasteiger partial charge < -0.3 is 20.1 Å². The number of anilines is 1. The Labute approximate surface area is 211 Å². The van der Waals surface area contributed by atoms with Crippen molar-refractivity contribution in [3.63, 3.8) is 0 Å². The number of halogens is 1. The Balaban J connectivity index is 1.07. The van der Waals surface area contributed by atoms with E-state index in [2.05, 4.69) is 15.3 Å². The van der Waals surface area contributed by atoms with E-state index in [1.807, 2.05) is 0 Å². The molecule has 2 heterocycles. The number of carbonyl (C=O) groups is 1. The molecule has 0 radical (unpaired) electrons. The Hall–Kier alpha value is -2.38. The summed E-state index contributed by atoms with van der Waals surface area (Å²) in [6.07, 6.45) is 9.53. The van der Waals surface area contributed by atoms with E-state index in [-0.39, 0.29) is 24.0 Å². The van der Waals surface area contributed by atoms with Gasteiger partial charge in [0.1, 0.15) is 17.9 Å². The molecular formula is C27H33ClN4O3. The van der Waals surface area contributed by atoms with Crippen molar-refractivity contribution >= 4 is 23.3 Å². The second-order valence-corrected chi connectivity index (χ2v) is 11.6. The molecule has 1 atom stereocenters. The van der Waals surface area contributed by atoms with E-state index in [4.69, 9.17) is 16.3 Å². The van der Waals surface area contributed by atoms with E-state index in [9.17, 15) is 9.90 Å². The summed E-state index contributed by atoms with van der Waals surface area (Å²) < 4.78 is 5.63. The summed E-state index contributed by atoms with van der Waals surface area (Å²) in [5, 5.41) is 15.3. The number of hydrogen-bond acceptors (Lipinski definition) is 6. The summed E-state index contributed by atoms with van der Waals surface area (Å²) in [5.41, 5.74) is 1.99. The second kappa shape index (κ2) is 9.25. The normalized spacial score (nSPS) is 29.5. The molecule has 0 spiro atoms. The number of nitrogens with zero attached hydrogens (tertiary/aromatic N) is 3. The van der Waals surface area contributed by atoms with Crippen molar-refractivity contribution < 1.29 is 14.6 Å². The largest absolute Gasteiger partial charge is 0.484 e. The average molecular weight is 497 g/mol. The fraction of sp³-hybridized carbons (Fsp3) is 0.593. The van der Waals surface area contributed by atoms with Crippen molar-refractivity contribution in [2.75, 3.05) is 25.0 Å². The van der Waals surface area contributed by atoms with Gasteiger partial charge in [0.25, 0.3) is 5.91 Å². The Morgan fingerprint density at radius 2 is 1.94 bits per heavy atom. The van der Waals surface area contributed by atoms with Gasteiger partial charge in [0.2, 0.25) is 0 Å². The van der Waals surface area contributed by atoms with Crippen molar-refractivity contribution in [1.29, 1.82) is 0 Å². The number of ether oxygens (including phenoxy) is 1. The fourth-order valence-electron chi connectivity index (χ4n) is 7.51. The van der Waals surface area contributed by atoms with Gasteiger partial charge in [-0.05, 0) is 86.3 Å². The van der Waals surface area contributed by atoms with E-state index in [1.165, 1.54) is 38.5 Å². The van der Waals surface area contributed by atoms with E-state index in [0.717, 1.165) is 34.8 Å². The first-order chi connectivity index (χ1) is 17.0. The Morgan fingerprint density at radius 3 is 2.66 bits per heavy atom. The van der Waals surface area contributed by atoms with Gasteiger partial charge in [0.05, 0.1) is 18.3 Å². The van der Waals surface area contributed by atoms with Crippen molar-refractivity contribution in [3.05, 3.63) is 46.9 Å². The number of amides is 1. The second-order valence-electron chi connectivity index (χ2n) is 11.1. The van der Waals surface area contributed by atoms with Gasteiger partial charge in [-0.1, -0.05) is 17.7 Å². The van der Waals surface area contributed by atoms with Crippen LogP contribution in [0.1, 0.15) is 49.8 Å². The minimum Gasteiger partial charge on any atom is -0.484 e.